The Bertz CT molecular complexity index is 350. The van der Waals surface area contributed by atoms with E-state index in [1.807, 2.05) is 0 Å². The van der Waals surface area contributed by atoms with Gasteiger partial charge in [-0.3, -0.25) is 0 Å². The summed E-state index contributed by atoms with van der Waals surface area (Å²) in [5.41, 5.74) is 0.269. The van der Waals surface area contributed by atoms with E-state index in [4.69, 9.17) is 0 Å². The maximum atomic E-state index is 12.7. The van der Waals surface area contributed by atoms with E-state index in [0.29, 0.717) is 12.2 Å². The molecular weight excluding hydrogens is 206 g/mol. The van der Waals surface area contributed by atoms with Crippen LogP contribution in [0, 0.1) is 11.6 Å². The molecule has 76 valence electrons. The molecule has 0 fully saturated rings. The van der Waals surface area contributed by atoms with Gasteiger partial charge in [0, 0.05) is 11.6 Å². The van der Waals surface area contributed by atoms with Crippen LogP contribution >= 0.6 is 12.6 Å². The van der Waals surface area contributed by atoms with E-state index in [9.17, 15) is 13.9 Å². The molecule has 0 spiro atoms. The number of thiol groups is 1. The largest absolute Gasteiger partial charge is 0.507 e. The van der Waals surface area contributed by atoms with E-state index in [1.54, 1.807) is 6.08 Å². The fourth-order valence-corrected chi connectivity index (χ4v) is 1.12. The van der Waals surface area contributed by atoms with Crippen LogP contribution in [0.25, 0.3) is 6.08 Å². The number of phenols is 1. The lowest BCUT2D eigenvalue weighted by Crippen LogP contribution is -1.85. The van der Waals surface area contributed by atoms with Crippen molar-refractivity contribution in [1.82, 2.24) is 0 Å². The molecule has 14 heavy (non-hydrogen) atoms. The minimum atomic E-state index is -1.05. The summed E-state index contributed by atoms with van der Waals surface area (Å²) in [6, 6.07) is 1.72. The molecule has 0 heterocycles. The molecular formula is C10H10F2OS. The van der Waals surface area contributed by atoms with Crippen molar-refractivity contribution in [3.8, 4) is 5.75 Å². The summed E-state index contributed by atoms with van der Waals surface area (Å²) >= 11 is 3.98. The lowest BCUT2D eigenvalue weighted by molar-refractivity contribution is 0.453. The molecule has 1 aromatic rings. The summed E-state index contributed by atoms with van der Waals surface area (Å²) in [6.07, 6.45) is 3.98. The molecule has 0 amide bonds. The second kappa shape index (κ2) is 5.00. The SMILES string of the molecule is Oc1cc(F)c(F)cc1C=CCCS. The van der Waals surface area contributed by atoms with Crippen LogP contribution in [-0.4, -0.2) is 10.9 Å². The predicted octanol–water partition coefficient (Wildman–Crippen LogP) is 3.00. The molecule has 1 rings (SSSR count). The van der Waals surface area contributed by atoms with Crippen molar-refractivity contribution in [1.29, 1.82) is 0 Å². The third-order valence-corrected chi connectivity index (χ3v) is 1.92. The van der Waals surface area contributed by atoms with Crippen molar-refractivity contribution in [2.75, 3.05) is 5.75 Å². The first-order valence-electron chi connectivity index (χ1n) is 4.10. The standard InChI is InChI=1S/C10H10F2OS/c11-8-5-7(3-1-2-4-14)10(13)6-9(8)12/h1,3,5-6,13-14H,2,4H2. The van der Waals surface area contributed by atoms with E-state index in [1.165, 1.54) is 6.08 Å². The van der Waals surface area contributed by atoms with Crippen molar-refractivity contribution in [3.63, 3.8) is 0 Å². The molecule has 4 heteroatoms. The summed E-state index contributed by atoms with van der Waals surface area (Å²) in [5.74, 6) is -1.61. The first kappa shape index (κ1) is 11.0. The van der Waals surface area contributed by atoms with Crippen LogP contribution in [0.3, 0.4) is 0 Å². The first-order chi connectivity index (χ1) is 6.65. The number of benzene rings is 1. The van der Waals surface area contributed by atoms with Crippen molar-refractivity contribution in [2.45, 2.75) is 6.42 Å². The molecule has 0 unspecified atom stereocenters. The number of hydrogen-bond donors (Lipinski definition) is 2. The first-order valence-corrected chi connectivity index (χ1v) is 4.74. The van der Waals surface area contributed by atoms with E-state index in [0.717, 1.165) is 12.1 Å². The van der Waals surface area contributed by atoms with Crippen molar-refractivity contribution in [3.05, 3.63) is 35.4 Å². The quantitative estimate of drug-likeness (QED) is 0.744. The molecule has 0 bridgehead atoms. The summed E-state index contributed by atoms with van der Waals surface area (Å²) in [7, 11) is 0. The Morgan fingerprint density at radius 3 is 2.57 bits per heavy atom. The Morgan fingerprint density at radius 1 is 1.29 bits per heavy atom. The topological polar surface area (TPSA) is 20.2 Å². The van der Waals surface area contributed by atoms with E-state index in [-0.39, 0.29) is 11.3 Å². The zero-order valence-electron chi connectivity index (χ0n) is 7.37. The van der Waals surface area contributed by atoms with Crippen molar-refractivity contribution >= 4 is 18.7 Å². The number of hydrogen-bond acceptors (Lipinski definition) is 2. The number of phenolic OH excluding ortho intramolecular Hbond substituents is 1. The molecule has 0 aliphatic rings. The predicted molar refractivity (Wildman–Crippen MR) is 55.5 cm³/mol. The van der Waals surface area contributed by atoms with E-state index < -0.39 is 11.6 Å². The van der Waals surface area contributed by atoms with E-state index >= 15 is 0 Å². The lowest BCUT2D eigenvalue weighted by atomic mass is 10.1. The van der Waals surface area contributed by atoms with Crippen LogP contribution in [0.15, 0.2) is 18.2 Å². The van der Waals surface area contributed by atoms with Crippen molar-refractivity contribution < 1.29 is 13.9 Å². The fraction of sp³-hybridized carbons (Fsp3) is 0.200. The lowest BCUT2D eigenvalue weighted by Gasteiger charge is -2.00. The molecule has 0 saturated heterocycles. The average molecular weight is 216 g/mol. The van der Waals surface area contributed by atoms with Crippen LogP contribution in [0.1, 0.15) is 12.0 Å². The maximum absolute atomic E-state index is 12.7. The third-order valence-electron chi connectivity index (χ3n) is 1.66. The van der Waals surface area contributed by atoms with Gasteiger partial charge in [0.15, 0.2) is 11.6 Å². The molecule has 0 atom stereocenters. The van der Waals surface area contributed by atoms with Gasteiger partial charge in [-0.1, -0.05) is 12.2 Å². The summed E-state index contributed by atoms with van der Waals surface area (Å²) < 4.78 is 25.3. The Balaban J connectivity index is 2.92. The Labute approximate surface area is 86.5 Å². The van der Waals surface area contributed by atoms with Crippen LogP contribution in [-0.2, 0) is 0 Å². The molecule has 0 saturated carbocycles. The normalized spacial score (nSPS) is 11.1. The highest BCUT2D eigenvalue weighted by atomic mass is 32.1. The summed E-state index contributed by atoms with van der Waals surface area (Å²) in [4.78, 5) is 0. The fourth-order valence-electron chi connectivity index (χ4n) is 0.970. The van der Waals surface area contributed by atoms with Gasteiger partial charge in [0.2, 0.25) is 0 Å². The minimum Gasteiger partial charge on any atom is -0.507 e. The third kappa shape index (κ3) is 2.73. The van der Waals surface area contributed by atoms with Gasteiger partial charge in [0.05, 0.1) is 0 Å². The van der Waals surface area contributed by atoms with Crippen molar-refractivity contribution in [2.24, 2.45) is 0 Å². The molecule has 1 aromatic carbocycles. The van der Waals surface area contributed by atoms with Gasteiger partial charge in [-0.25, -0.2) is 8.78 Å². The highest BCUT2D eigenvalue weighted by Gasteiger charge is 2.06. The molecule has 0 aromatic heterocycles. The molecule has 0 aliphatic heterocycles. The monoisotopic (exact) mass is 216 g/mol. The zero-order valence-corrected chi connectivity index (χ0v) is 8.27. The molecule has 1 N–H and O–H groups in total. The second-order valence-corrected chi connectivity index (χ2v) is 3.19. The van der Waals surface area contributed by atoms with Crippen LogP contribution in [0.4, 0.5) is 8.78 Å². The van der Waals surface area contributed by atoms with Gasteiger partial charge in [-0.2, -0.15) is 12.6 Å². The summed E-state index contributed by atoms with van der Waals surface area (Å²) in [5, 5.41) is 9.24. The second-order valence-electron chi connectivity index (χ2n) is 2.74. The summed E-state index contributed by atoms with van der Waals surface area (Å²) in [6.45, 7) is 0. The number of allylic oxidation sites excluding steroid dienone is 1. The van der Waals surface area contributed by atoms with Gasteiger partial charge in [-0.05, 0) is 18.2 Å². The average Bonchev–Trinajstić information content (AvgIpc) is 2.14. The highest BCUT2D eigenvalue weighted by molar-refractivity contribution is 7.80. The highest BCUT2D eigenvalue weighted by Crippen LogP contribution is 2.22. The number of aromatic hydroxyl groups is 1. The maximum Gasteiger partial charge on any atom is 0.162 e. The number of halogens is 2. The zero-order chi connectivity index (χ0) is 10.6. The van der Waals surface area contributed by atoms with Crippen LogP contribution in [0.2, 0.25) is 0 Å². The molecule has 0 radical (unpaired) electrons. The molecule has 0 aliphatic carbocycles. The Hall–Kier alpha value is -1.03. The number of rotatable bonds is 3. The minimum absolute atomic E-state index is 0.265. The van der Waals surface area contributed by atoms with Gasteiger partial charge < -0.3 is 5.11 Å². The van der Waals surface area contributed by atoms with Crippen LogP contribution < -0.4 is 0 Å². The smallest absolute Gasteiger partial charge is 0.162 e. The van der Waals surface area contributed by atoms with E-state index in [2.05, 4.69) is 12.6 Å². The van der Waals surface area contributed by atoms with Crippen LogP contribution in [0.5, 0.6) is 5.75 Å². The Morgan fingerprint density at radius 2 is 1.93 bits per heavy atom. The Kier molecular flexibility index (Phi) is 3.95. The molecule has 1 nitrogen and oxygen atoms in total. The van der Waals surface area contributed by atoms with Gasteiger partial charge >= 0.3 is 0 Å². The van der Waals surface area contributed by atoms with Gasteiger partial charge in [0.25, 0.3) is 0 Å². The van der Waals surface area contributed by atoms with Gasteiger partial charge in [0.1, 0.15) is 5.75 Å². The van der Waals surface area contributed by atoms with Gasteiger partial charge in [-0.15, -0.1) is 0 Å².